The number of benzene rings is 2. The molecule has 0 aliphatic carbocycles. The summed E-state index contributed by atoms with van der Waals surface area (Å²) in [5.74, 6) is -0.387. The molecule has 5 heteroatoms. The van der Waals surface area contributed by atoms with Crippen molar-refractivity contribution in [2.75, 3.05) is 4.31 Å². The summed E-state index contributed by atoms with van der Waals surface area (Å²) in [6.07, 6.45) is 0.224. The highest BCUT2D eigenvalue weighted by Gasteiger charge is 2.66. The van der Waals surface area contributed by atoms with Crippen molar-refractivity contribution in [1.29, 1.82) is 0 Å². The molecule has 0 bridgehead atoms. The zero-order valence-electron chi connectivity index (χ0n) is 11.6. The number of carbonyl (C=O) groups is 1. The first kappa shape index (κ1) is 13.8. The van der Waals surface area contributed by atoms with E-state index in [1.54, 1.807) is 67.6 Å². The minimum absolute atomic E-state index is 0.224. The van der Waals surface area contributed by atoms with E-state index in [0.29, 0.717) is 11.3 Å². The Hall–Kier alpha value is -2.14. The average Bonchev–Trinajstić information content (AvgIpc) is 2.50. The smallest absolute Gasteiger partial charge is 0.268 e. The van der Waals surface area contributed by atoms with Gasteiger partial charge in [0.05, 0.1) is 5.69 Å². The third-order valence-corrected chi connectivity index (χ3v) is 6.38. The largest absolute Gasteiger partial charge is 0.271 e. The van der Waals surface area contributed by atoms with Crippen LogP contribution in [0.4, 0.5) is 5.69 Å². The van der Waals surface area contributed by atoms with E-state index < -0.39 is 14.8 Å². The van der Waals surface area contributed by atoms with Crippen molar-refractivity contribution in [3.8, 4) is 0 Å². The Morgan fingerprint density at radius 3 is 1.95 bits per heavy atom. The maximum absolute atomic E-state index is 12.8. The van der Waals surface area contributed by atoms with E-state index in [2.05, 4.69) is 0 Å². The van der Waals surface area contributed by atoms with Crippen molar-refractivity contribution in [1.82, 2.24) is 0 Å². The van der Waals surface area contributed by atoms with Crippen LogP contribution in [0.2, 0.25) is 0 Å². The summed E-state index contributed by atoms with van der Waals surface area (Å²) in [6.45, 7) is 1.73. The van der Waals surface area contributed by atoms with Gasteiger partial charge in [0.2, 0.25) is 0 Å². The molecule has 3 rings (SSSR count). The zero-order valence-corrected chi connectivity index (χ0v) is 12.4. The molecule has 0 spiro atoms. The van der Waals surface area contributed by atoms with E-state index in [4.69, 9.17) is 0 Å². The Labute approximate surface area is 124 Å². The lowest BCUT2D eigenvalue weighted by Crippen LogP contribution is -2.68. The topological polar surface area (TPSA) is 54.5 Å². The van der Waals surface area contributed by atoms with Gasteiger partial charge in [0.1, 0.15) is 0 Å². The Kier molecular flexibility index (Phi) is 3.10. The number of amides is 1. The maximum atomic E-state index is 12.8. The van der Waals surface area contributed by atoms with Crippen LogP contribution < -0.4 is 4.31 Å². The van der Waals surface area contributed by atoms with Gasteiger partial charge in [0, 0.05) is 0 Å². The van der Waals surface area contributed by atoms with Gasteiger partial charge in [-0.2, -0.15) is 0 Å². The SMILES string of the molecule is CC[C@@]1(c2ccccc2)C(=O)N(c2ccccc2)S1(=O)=O. The second-order valence-corrected chi connectivity index (χ2v) is 6.97. The summed E-state index contributed by atoms with van der Waals surface area (Å²) in [5, 5.41) is 0. The molecule has 0 radical (unpaired) electrons. The fraction of sp³-hybridized carbons (Fsp3) is 0.188. The molecule has 1 amide bonds. The first-order valence-electron chi connectivity index (χ1n) is 6.75. The predicted molar refractivity (Wildman–Crippen MR) is 81.3 cm³/mol. The van der Waals surface area contributed by atoms with Crippen LogP contribution in [0.1, 0.15) is 18.9 Å². The monoisotopic (exact) mass is 301 g/mol. The molecule has 2 aromatic rings. The molecule has 0 unspecified atom stereocenters. The third kappa shape index (κ3) is 1.67. The van der Waals surface area contributed by atoms with Crippen LogP contribution in [0.25, 0.3) is 0 Å². The number of hydrogen-bond acceptors (Lipinski definition) is 3. The normalized spacial score (nSPS) is 23.7. The summed E-state index contributed by atoms with van der Waals surface area (Å²) >= 11 is 0. The second-order valence-electron chi connectivity index (χ2n) is 4.96. The molecule has 1 atom stereocenters. The number of para-hydroxylation sites is 1. The van der Waals surface area contributed by atoms with E-state index >= 15 is 0 Å². The van der Waals surface area contributed by atoms with Gasteiger partial charge in [0.25, 0.3) is 15.9 Å². The molecular formula is C16H15NO3S. The van der Waals surface area contributed by atoms with Crippen molar-refractivity contribution >= 4 is 21.6 Å². The molecule has 1 aliphatic rings. The molecule has 0 N–H and O–H groups in total. The Morgan fingerprint density at radius 1 is 0.952 bits per heavy atom. The van der Waals surface area contributed by atoms with Gasteiger partial charge in [-0.05, 0) is 24.1 Å². The number of sulfonamides is 1. The summed E-state index contributed by atoms with van der Waals surface area (Å²) in [5.41, 5.74) is 0.923. The molecule has 1 saturated heterocycles. The average molecular weight is 301 g/mol. The first-order chi connectivity index (χ1) is 10.1. The van der Waals surface area contributed by atoms with E-state index in [9.17, 15) is 13.2 Å². The molecule has 21 heavy (non-hydrogen) atoms. The fourth-order valence-corrected chi connectivity index (χ4v) is 4.90. The number of carbonyl (C=O) groups excluding carboxylic acids is 1. The molecule has 0 saturated carbocycles. The minimum atomic E-state index is -3.75. The van der Waals surface area contributed by atoms with Crippen LogP contribution in [0.3, 0.4) is 0 Å². The van der Waals surface area contributed by atoms with E-state index in [0.717, 1.165) is 4.31 Å². The van der Waals surface area contributed by atoms with Crippen molar-refractivity contribution in [3.05, 3.63) is 66.2 Å². The Morgan fingerprint density at radius 2 is 1.48 bits per heavy atom. The van der Waals surface area contributed by atoms with Gasteiger partial charge in [-0.3, -0.25) is 4.79 Å². The quantitative estimate of drug-likeness (QED) is 0.876. The van der Waals surface area contributed by atoms with Crippen LogP contribution in [-0.2, 0) is 19.6 Å². The van der Waals surface area contributed by atoms with Gasteiger partial charge in [0.15, 0.2) is 4.75 Å². The van der Waals surface area contributed by atoms with Gasteiger partial charge < -0.3 is 0 Å². The second kappa shape index (κ2) is 4.70. The van der Waals surface area contributed by atoms with Crippen molar-refractivity contribution < 1.29 is 13.2 Å². The highest BCUT2D eigenvalue weighted by Crippen LogP contribution is 2.48. The standard InChI is InChI=1S/C16H15NO3S/c1-2-16(13-9-5-3-6-10-13)15(18)17(21(16,19)20)14-11-7-4-8-12-14/h3-12H,2H2,1H3/t16-/m1/s1. The number of hydrogen-bond donors (Lipinski definition) is 0. The molecule has 4 nitrogen and oxygen atoms in total. The van der Waals surface area contributed by atoms with Crippen LogP contribution in [0.5, 0.6) is 0 Å². The zero-order chi connectivity index (χ0) is 15.1. The summed E-state index contributed by atoms with van der Waals surface area (Å²) < 4.78 is 25.1. The van der Waals surface area contributed by atoms with Gasteiger partial charge in [-0.1, -0.05) is 55.5 Å². The van der Waals surface area contributed by atoms with Crippen molar-refractivity contribution in [3.63, 3.8) is 0 Å². The van der Waals surface area contributed by atoms with E-state index in [-0.39, 0.29) is 12.3 Å². The highest BCUT2D eigenvalue weighted by molar-refractivity contribution is 7.98. The minimum Gasteiger partial charge on any atom is -0.271 e. The van der Waals surface area contributed by atoms with Crippen molar-refractivity contribution in [2.45, 2.75) is 18.1 Å². The van der Waals surface area contributed by atoms with Gasteiger partial charge in [-0.25, -0.2) is 12.7 Å². The Bertz CT molecular complexity index is 772. The van der Waals surface area contributed by atoms with Crippen LogP contribution >= 0.6 is 0 Å². The third-order valence-electron chi connectivity index (χ3n) is 3.94. The maximum Gasteiger partial charge on any atom is 0.268 e. The molecule has 1 heterocycles. The molecule has 0 aromatic heterocycles. The van der Waals surface area contributed by atoms with Crippen LogP contribution in [0.15, 0.2) is 60.7 Å². The number of rotatable bonds is 3. The van der Waals surface area contributed by atoms with Gasteiger partial charge in [-0.15, -0.1) is 0 Å². The summed E-state index contributed by atoms with van der Waals surface area (Å²) in [7, 11) is -3.75. The molecular weight excluding hydrogens is 286 g/mol. The van der Waals surface area contributed by atoms with Gasteiger partial charge >= 0.3 is 0 Å². The predicted octanol–water partition coefficient (Wildman–Crippen LogP) is 2.67. The fourth-order valence-electron chi connectivity index (χ4n) is 2.84. The molecule has 1 fully saturated rings. The van der Waals surface area contributed by atoms with Crippen molar-refractivity contribution in [2.24, 2.45) is 0 Å². The van der Waals surface area contributed by atoms with E-state index in [1.165, 1.54) is 0 Å². The Balaban J connectivity index is 2.14. The highest BCUT2D eigenvalue weighted by atomic mass is 32.2. The lowest BCUT2D eigenvalue weighted by atomic mass is 9.93. The first-order valence-corrected chi connectivity index (χ1v) is 8.19. The summed E-state index contributed by atoms with van der Waals surface area (Å²) in [4.78, 5) is 12.7. The number of nitrogens with zero attached hydrogens (tertiary/aromatic N) is 1. The lowest BCUT2D eigenvalue weighted by molar-refractivity contribution is -0.122. The van der Waals surface area contributed by atoms with Crippen LogP contribution in [-0.4, -0.2) is 14.3 Å². The summed E-state index contributed by atoms with van der Waals surface area (Å²) in [6, 6.07) is 17.2. The molecule has 1 aliphatic heterocycles. The molecule has 108 valence electrons. The van der Waals surface area contributed by atoms with Crippen LogP contribution in [0, 0.1) is 0 Å². The lowest BCUT2D eigenvalue weighted by Gasteiger charge is -2.47. The number of anilines is 1. The van der Waals surface area contributed by atoms with E-state index in [1.807, 2.05) is 0 Å². The molecule has 2 aromatic carbocycles.